The number of aromatic nitrogens is 1. The molecule has 0 saturated heterocycles. The molecule has 38 heavy (non-hydrogen) atoms. The van der Waals surface area contributed by atoms with E-state index in [1.807, 2.05) is 66.4 Å². The molecular weight excluding hydrogens is 494 g/mol. The maximum atomic E-state index is 14.0. The summed E-state index contributed by atoms with van der Waals surface area (Å²) in [4.78, 5) is 31.2. The number of aryl methyl sites for hydroxylation is 1. The highest BCUT2D eigenvalue weighted by Crippen LogP contribution is 2.26. The van der Waals surface area contributed by atoms with Gasteiger partial charge in [0, 0.05) is 41.6 Å². The van der Waals surface area contributed by atoms with Gasteiger partial charge in [-0.05, 0) is 62.1 Å². The van der Waals surface area contributed by atoms with Crippen LogP contribution in [0, 0.1) is 6.92 Å². The molecular formula is C32H40ClN3O2. The molecule has 1 saturated carbocycles. The number of carbonyl (C=O) groups is 2. The van der Waals surface area contributed by atoms with Crippen molar-refractivity contribution in [1.29, 1.82) is 0 Å². The van der Waals surface area contributed by atoms with E-state index in [0.717, 1.165) is 60.4 Å². The summed E-state index contributed by atoms with van der Waals surface area (Å²) in [7, 11) is 0. The molecule has 1 aliphatic rings. The van der Waals surface area contributed by atoms with Crippen molar-refractivity contribution in [2.24, 2.45) is 0 Å². The lowest BCUT2D eigenvalue weighted by Gasteiger charge is -2.36. The molecule has 0 N–H and O–H groups in total. The molecule has 6 heteroatoms. The molecule has 0 aliphatic heterocycles. The third-order valence-corrected chi connectivity index (χ3v) is 7.95. The van der Waals surface area contributed by atoms with E-state index in [1.54, 1.807) is 4.90 Å². The van der Waals surface area contributed by atoms with Gasteiger partial charge in [-0.15, -0.1) is 0 Å². The van der Waals surface area contributed by atoms with E-state index in [-0.39, 0.29) is 24.4 Å². The van der Waals surface area contributed by atoms with Crippen LogP contribution in [0.5, 0.6) is 0 Å². The Morgan fingerprint density at radius 1 is 0.974 bits per heavy atom. The summed E-state index contributed by atoms with van der Waals surface area (Å²) in [6.07, 6.45) is 9.40. The molecule has 1 fully saturated rings. The van der Waals surface area contributed by atoms with Gasteiger partial charge in [0.15, 0.2) is 0 Å². The number of carbonyl (C=O) groups excluding carboxylic acids is 2. The number of unbranched alkanes of at least 4 members (excludes halogenated alkanes) is 1. The highest BCUT2D eigenvalue weighted by Gasteiger charge is 2.29. The number of hydrogen-bond acceptors (Lipinski definition) is 2. The second-order valence-electron chi connectivity index (χ2n) is 10.5. The lowest BCUT2D eigenvalue weighted by atomic mass is 9.94. The third-order valence-electron chi connectivity index (χ3n) is 7.58. The van der Waals surface area contributed by atoms with Crippen LogP contribution >= 0.6 is 11.6 Å². The van der Waals surface area contributed by atoms with Crippen molar-refractivity contribution in [2.45, 2.75) is 77.9 Å². The van der Waals surface area contributed by atoms with Crippen LogP contribution in [0.3, 0.4) is 0 Å². The van der Waals surface area contributed by atoms with Crippen LogP contribution in [0.4, 0.5) is 0 Å². The van der Waals surface area contributed by atoms with Crippen molar-refractivity contribution in [3.05, 3.63) is 94.3 Å². The first-order valence-corrected chi connectivity index (χ1v) is 14.4. The molecule has 4 rings (SSSR count). The first kappa shape index (κ1) is 28.0. The topological polar surface area (TPSA) is 45.6 Å². The fourth-order valence-corrected chi connectivity index (χ4v) is 5.48. The van der Waals surface area contributed by atoms with Gasteiger partial charge in [0.05, 0.1) is 6.54 Å². The van der Waals surface area contributed by atoms with E-state index >= 15 is 0 Å². The largest absolute Gasteiger partial charge is 0.345 e. The zero-order chi connectivity index (χ0) is 26.9. The summed E-state index contributed by atoms with van der Waals surface area (Å²) >= 11 is 6.44. The zero-order valence-corrected chi connectivity index (χ0v) is 23.5. The van der Waals surface area contributed by atoms with E-state index in [2.05, 4.69) is 23.8 Å². The Morgan fingerprint density at radius 2 is 1.71 bits per heavy atom. The highest BCUT2D eigenvalue weighted by atomic mass is 35.5. The monoisotopic (exact) mass is 533 g/mol. The van der Waals surface area contributed by atoms with Crippen molar-refractivity contribution in [1.82, 2.24) is 14.4 Å². The SMILES string of the molecule is CCCCN(CC(=O)N(Cc1cccn1Cc1ccccc1Cl)C1CCCCC1)C(=O)c1ccc(C)cc1. The van der Waals surface area contributed by atoms with Crippen LogP contribution < -0.4 is 0 Å². The molecule has 1 aliphatic carbocycles. The van der Waals surface area contributed by atoms with Crippen molar-refractivity contribution in [2.75, 3.05) is 13.1 Å². The van der Waals surface area contributed by atoms with Gasteiger partial charge in [0.2, 0.25) is 5.91 Å². The van der Waals surface area contributed by atoms with E-state index < -0.39 is 0 Å². The Labute approximate surface area is 232 Å². The molecule has 2 amide bonds. The molecule has 1 aromatic heterocycles. The number of hydrogen-bond donors (Lipinski definition) is 0. The van der Waals surface area contributed by atoms with Gasteiger partial charge < -0.3 is 14.4 Å². The standard InChI is InChI=1S/C32H40ClN3O2/c1-3-4-20-35(32(38)26-18-16-25(2)17-19-26)24-31(37)36(28-12-6-5-7-13-28)23-29-14-10-21-34(29)22-27-11-8-9-15-30(27)33/h8-11,14-19,21,28H,3-7,12-13,20,22-24H2,1-2H3. The maximum absolute atomic E-state index is 14.0. The van der Waals surface area contributed by atoms with Crippen molar-refractivity contribution >= 4 is 23.4 Å². The lowest BCUT2D eigenvalue weighted by Crippen LogP contribution is -2.47. The smallest absolute Gasteiger partial charge is 0.254 e. The predicted octanol–water partition coefficient (Wildman–Crippen LogP) is 7.10. The van der Waals surface area contributed by atoms with Crippen LogP contribution in [0.15, 0.2) is 66.9 Å². The lowest BCUT2D eigenvalue weighted by molar-refractivity contribution is -0.135. The van der Waals surface area contributed by atoms with Gasteiger partial charge in [0.1, 0.15) is 6.54 Å². The van der Waals surface area contributed by atoms with Crippen LogP contribution in [-0.4, -0.2) is 45.3 Å². The summed E-state index contributed by atoms with van der Waals surface area (Å²) in [5.74, 6) is -0.0450. The van der Waals surface area contributed by atoms with Gasteiger partial charge in [-0.1, -0.05) is 80.1 Å². The Hall–Kier alpha value is -3.05. The Morgan fingerprint density at radius 3 is 2.42 bits per heavy atom. The molecule has 0 atom stereocenters. The van der Waals surface area contributed by atoms with Crippen LogP contribution in [0.2, 0.25) is 5.02 Å². The van der Waals surface area contributed by atoms with E-state index in [4.69, 9.17) is 11.6 Å². The molecule has 3 aromatic rings. The molecule has 0 unspecified atom stereocenters. The van der Waals surface area contributed by atoms with E-state index in [0.29, 0.717) is 25.2 Å². The van der Waals surface area contributed by atoms with Gasteiger partial charge in [-0.3, -0.25) is 9.59 Å². The van der Waals surface area contributed by atoms with Crippen molar-refractivity contribution < 1.29 is 9.59 Å². The minimum absolute atomic E-state index is 0.0268. The number of halogens is 1. The number of rotatable bonds is 11. The predicted molar refractivity (Wildman–Crippen MR) is 154 cm³/mol. The maximum Gasteiger partial charge on any atom is 0.254 e. The Balaban J connectivity index is 1.55. The summed E-state index contributed by atoms with van der Waals surface area (Å²) in [6.45, 7) is 5.99. The fraction of sp³-hybridized carbons (Fsp3) is 0.438. The molecule has 202 valence electrons. The summed E-state index contributed by atoms with van der Waals surface area (Å²) in [6, 6.07) is 19.8. The van der Waals surface area contributed by atoms with E-state index in [1.165, 1.54) is 6.42 Å². The number of nitrogens with zero attached hydrogens (tertiary/aromatic N) is 3. The second-order valence-corrected chi connectivity index (χ2v) is 10.9. The first-order valence-electron chi connectivity index (χ1n) is 14.0. The summed E-state index contributed by atoms with van der Waals surface area (Å²) in [5.41, 5.74) is 3.88. The fourth-order valence-electron chi connectivity index (χ4n) is 5.28. The average Bonchev–Trinajstić information content (AvgIpc) is 3.37. The highest BCUT2D eigenvalue weighted by molar-refractivity contribution is 6.31. The molecule has 5 nitrogen and oxygen atoms in total. The normalized spacial score (nSPS) is 13.9. The van der Waals surface area contributed by atoms with E-state index in [9.17, 15) is 9.59 Å². The number of amides is 2. The van der Waals surface area contributed by atoms with Crippen molar-refractivity contribution in [3.63, 3.8) is 0 Å². The van der Waals surface area contributed by atoms with Gasteiger partial charge in [-0.2, -0.15) is 0 Å². The number of benzene rings is 2. The third kappa shape index (κ3) is 7.28. The van der Waals surface area contributed by atoms with Gasteiger partial charge in [0.25, 0.3) is 5.91 Å². The zero-order valence-electron chi connectivity index (χ0n) is 22.7. The Bertz CT molecular complexity index is 1200. The second kappa shape index (κ2) is 13.7. The minimum atomic E-state index is -0.0718. The molecule has 1 heterocycles. The minimum Gasteiger partial charge on any atom is -0.345 e. The first-order chi connectivity index (χ1) is 18.5. The van der Waals surface area contributed by atoms with Crippen molar-refractivity contribution in [3.8, 4) is 0 Å². The summed E-state index contributed by atoms with van der Waals surface area (Å²) < 4.78 is 2.18. The molecule has 0 bridgehead atoms. The molecule has 2 aromatic carbocycles. The average molecular weight is 534 g/mol. The van der Waals surface area contributed by atoms with Crippen LogP contribution in [0.1, 0.15) is 79.0 Å². The van der Waals surface area contributed by atoms with Gasteiger partial charge in [-0.25, -0.2) is 0 Å². The van der Waals surface area contributed by atoms with Gasteiger partial charge >= 0.3 is 0 Å². The molecule has 0 radical (unpaired) electrons. The summed E-state index contributed by atoms with van der Waals surface area (Å²) in [5, 5.41) is 0.744. The Kier molecular flexibility index (Phi) is 10.1. The molecule has 0 spiro atoms. The van der Waals surface area contributed by atoms with Crippen LogP contribution in [-0.2, 0) is 17.9 Å². The quantitative estimate of drug-likeness (QED) is 0.264. The van der Waals surface area contributed by atoms with Crippen LogP contribution in [0.25, 0.3) is 0 Å².